The summed E-state index contributed by atoms with van der Waals surface area (Å²) in [6.45, 7) is 3.57. The van der Waals surface area contributed by atoms with Crippen LogP contribution in [0.1, 0.15) is 42.1 Å². The molecule has 1 saturated carbocycles. The highest BCUT2D eigenvalue weighted by Crippen LogP contribution is 2.38. The topological polar surface area (TPSA) is 66.4 Å². The summed E-state index contributed by atoms with van der Waals surface area (Å²) >= 11 is 3.40. The summed E-state index contributed by atoms with van der Waals surface area (Å²) < 4.78 is 0.873. The van der Waals surface area contributed by atoms with Crippen molar-refractivity contribution in [3.8, 4) is 0 Å². The molecule has 0 saturated heterocycles. The van der Waals surface area contributed by atoms with Crippen LogP contribution in [-0.2, 0) is 4.79 Å². The number of halogens is 1. The Morgan fingerprint density at radius 2 is 2.15 bits per heavy atom. The van der Waals surface area contributed by atoms with Gasteiger partial charge in [0, 0.05) is 16.1 Å². The quantitative estimate of drug-likeness (QED) is 0.888. The fourth-order valence-electron chi connectivity index (χ4n) is 2.74. The highest BCUT2D eigenvalue weighted by atomic mass is 79.9. The Bertz CT molecular complexity index is 558. The standard InChI is InChI=1S/C15H18BrNO3/c1-9-10(5-3-6-11(9)16)13(18)17-12-7-4-8-15(12,2)14(19)20/h3,5-6,12H,4,7-8H2,1-2H3,(H,17,18)(H,19,20). The van der Waals surface area contributed by atoms with E-state index in [0.29, 0.717) is 18.4 Å². The summed E-state index contributed by atoms with van der Waals surface area (Å²) in [6.07, 6.45) is 2.14. The second-order valence-electron chi connectivity index (χ2n) is 5.55. The Morgan fingerprint density at radius 3 is 2.80 bits per heavy atom. The lowest BCUT2D eigenvalue weighted by Gasteiger charge is -2.28. The predicted octanol–water partition coefficient (Wildman–Crippen LogP) is 3.13. The summed E-state index contributed by atoms with van der Waals surface area (Å²) in [4.78, 5) is 23.8. The highest BCUT2D eigenvalue weighted by Gasteiger charge is 2.46. The van der Waals surface area contributed by atoms with Crippen LogP contribution in [0.15, 0.2) is 22.7 Å². The molecular formula is C15H18BrNO3. The molecule has 0 bridgehead atoms. The number of nitrogens with one attached hydrogen (secondary N) is 1. The SMILES string of the molecule is Cc1c(Br)cccc1C(=O)NC1CCCC1(C)C(=O)O. The highest BCUT2D eigenvalue weighted by molar-refractivity contribution is 9.10. The smallest absolute Gasteiger partial charge is 0.311 e. The number of carbonyl (C=O) groups excluding carboxylic acids is 1. The van der Waals surface area contributed by atoms with E-state index in [0.717, 1.165) is 16.5 Å². The van der Waals surface area contributed by atoms with Crippen LogP contribution >= 0.6 is 15.9 Å². The van der Waals surface area contributed by atoms with Crippen LogP contribution in [-0.4, -0.2) is 23.0 Å². The molecule has 0 heterocycles. The molecule has 5 heteroatoms. The summed E-state index contributed by atoms with van der Waals surface area (Å²) in [5.41, 5.74) is 0.578. The first kappa shape index (κ1) is 15.0. The molecule has 2 atom stereocenters. The van der Waals surface area contributed by atoms with E-state index in [9.17, 15) is 14.7 Å². The van der Waals surface area contributed by atoms with E-state index >= 15 is 0 Å². The van der Waals surface area contributed by atoms with E-state index in [4.69, 9.17) is 0 Å². The predicted molar refractivity (Wildman–Crippen MR) is 79.7 cm³/mol. The van der Waals surface area contributed by atoms with Gasteiger partial charge in [0.2, 0.25) is 0 Å². The molecule has 4 nitrogen and oxygen atoms in total. The first-order valence-corrected chi connectivity index (χ1v) is 7.45. The van der Waals surface area contributed by atoms with Crippen LogP contribution in [0.25, 0.3) is 0 Å². The third kappa shape index (κ3) is 2.59. The van der Waals surface area contributed by atoms with Gasteiger partial charge in [0.15, 0.2) is 0 Å². The Labute approximate surface area is 126 Å². The normalized spacial score (nSPS) is 25.4. The van der Waals surface area contributed by atoms with Gasteiger partial charge in [-0.15, -0.1) is 0 Å². The van der Waals surface area contributed by atoms with E-state index in [-0.39, 0.29) is 11.9 Å². The van der Waals surface area contributed by atoms with Crippen molar-refractivity contribution < 1.29 is 14.7 Å². The minimum absolute atomic E-state index is 0.205. The van der Waals surface area contributed by atoms with Crippen molar-refractivity contribution in [2.75, 3.05) is 0 Å². The molecule has 0 aliphatic heterocycles. The van der Waals surface area contributed by atoms with Crippen molar-refractivity contribution in [2.24, 2.45) is 5.41 Å². The van der Waals surface area contributed by atoms with Gasteiger partial charge in [-0.3, -0.25) is 9.59 Å². The number of hydrogen-bond acceptors (Lipinski definition) is 2. The van der Waals surface area contributed by atoms with Crippen LogP contribution in [0, 0.1) is 12.3 Å². The molecule has 2 rings (SSSR count). The van der Waals surface area contributed by atoms with E-state index < -0.39 is 11.4 Å². The zero-order valence-electron chi connectivity index (χ0n) is 11.6. The molecule has 0 spiro atoms. The van der Waals surface area contributed by atoms with E-state index in [1.54, 1.807) is 19.1 Å². The monoisotopic (exact) mass is 339 g/mol. The third-order valence-electron chi connectivity index (χ3n) is 4.26. The van der Waals surface area contributed by atoms with Gasteiger partial charge < -0.3 is 10.4 Å². The number of aliphatic carboxylic acids is 1. The third-order valence-corrected chi connectivity index (χ3v) is 5.12. The number of rotatable bonds is 3. The van der Waals surface area contributed by atoms with Crippen LogP contribution in [0.5, 0.6) is 0 Å². The Hall–Kier alpha value is -1.36. The molecule has 1 aliphatic carbocycles. The molecule has 1 aromatic carbocycles. The minimum Gasteiger partial charge on any atom is -0.481 e. The molecule has 1 aliphatic rings. The van der Waals surface area contributed by atoms with Gasteiger partial charge in [0.1, 0.15) is 0 Å². The van der Waals surface area contributed by atoms with Crippen LogP contribution in [0.3, 0.4) is 0 Å². The molecule has 0 aromatic heterocycles. The van der Waals surface area contributed by atoms with Gasteiger partial charge in [0.05, 0.1) is 5.41 Å². The summed E-state index contributed by atoms with van der Waals surface area (Å²) in [5, 5.41) is 12.3. The van der Waals surface area contributed by atoms with Crippen molar-refractivity contribution in [3.05, 3.63) is 33.8 Å². The first-order chi connectivity index (χ1) is 9.36. The Kier molecular flexibility index (Phi) is 4.18. The first-order valence-electron chi connectivity index (χ1n) is 6.65. The molecule has 2 N–H and O–H groups in total. The number of carboxylic acids is 1. The molecule has 1 fully saturated rings. The molecule has 20 heavy (non-hydrogen) atoms. The van der Waals surface area contributed by atoms with Gasteiger partial charge >= 0.3 is 5.97 Å². The summed E-state index contributed by atoms with van der Waals surface area (Å²) in [5.74, 6) is -1.05. The lowest BCUT2D eigenvalue weighted by molar-refractivity contribution is -0.148. The average molecular weight is 340 g/mol. The van der Waals surface area contributed by atoms with Crippen LogP contribution < -0.4 is 5.32 Å². The largest absolute Gasteiger partial charge is 0.481 e. The maximum Gasteiger partial charge on any atom is 0.311 e. The molecule has 0 radical (unpaired) electrons. The van der Waals surface area contributed by atoms with Crippen LogP contribution in [0.4, 0.5) is 0 Å². The summed E-state index contributed by atoms with van der Waals surface area (Å²) in [7, 11) is 0. The molecular weight excluding hydrogens is 322 g/mol. The van der Waals surface area contributed by atoms with Crippen LogP contribution in [0.2, 0.25) is 0 Å². The Balaban J connectivity index is 2.20. The number of carboxylic acid groups (broad SMARTS) is 1. The number of hydrogen-bond donors (Lipinski definition) is 2. The Morgan fingerprint density at radius 1 is 1.45 bits per heavy atom. The molecule has 1 aromatic rings. The zero-order chi connectivity index (χ0) is 14.9. The van der Waals surface area contributed by atoms with E-state index in [2.05, 4.69) is 21.2 Å². The average Bonchev–Trinajstić information content (AvgIpc) is 2.75. The van der Waals surface area contributed by atoms with Crippen molar-refractivity contribution in [3.63, 3.8) is 0 Å². The lowest BCUT2D eigenvalue weighted by Crippen LogP contribution is -2.47. The van der Waals surface area contributed by atoms with Crippen molar-refractivity contribution in [1.82, 2.24) is 5.32 Å². The number of amides is 1. The number of benzene rings is 1. The van der Waals surface area contributed by atoms with Gasteiger partial charge in [-0.2, -0.15) is 0 Å². The summed E-state index contributed by atoms with van der Waals surface area (Å²) in [6, 6.07) is 5.12. The van der Waals surface area contributed by atoms with Crippen molar-refractivity contribution in [2.45, 2.75) is 39.2 Å². The maximum atomic E-state index is 12.4. The fourth-order valence-corrected chi connectivity index (χ4v) is 3.11. The second kappa shape index (κ2) is 5.56. The fraction of sp³-hybridized carbons (Fsp3) is 0.467. The maximum absolute atomic E-state index is 12.4. The minimum atomic E-state index is -0.865. The van der Waals surface area contributed by atoms with Gasteiger partial charge in [-0.1, -0.05) is 28.4 Å². The lowest BCUT2D eigenvalue weighted by atomic mass is 9.84. The molecule has 1 amide bonds. The molecule has 108 valence electrons. The van der Waals surface area contributed by atoms with Crippen molar-refractivity contribution in [1.29, 1.82) is 0 Å². The van der Waals surface area contributed by atoms with Crippen molar-refractivity contribution >= 4 is 27.8 Å². The zero-order valence-corrected chi connectivity index (χ0v) is 13.2. The second-order valence-corrected chi connectivity index (χ2v) is 6.41. The van der Waals surface area contributed by atoms with Gasteiger partial charge in [-0.05, 0) is 44.4 Å². The van der Waals surface area contributed by atoms with E-state index in [1.165, 1.54) is 0 Å². The molecule has 2 unspecified atom stereocenters. The number of carbonyl (C=O) groups is 2. The van der Waals surface area contributed by atoms with E-state index in [1.807, 2.05) is 13.0 Å². The van der Waals surface area contributed by atoms with Gasteiger partial charge in [0.25, 0.3) is 5.91 Å². The van der Waals surface area contributed by atoms with Gasteiger partial charge in [-0.25, -0.2) is 0 Å².